The zero-order chi connectivity index (χ0) is 15.8. The zero-order valence-corrected chi connectivity index (χ0v) is 13.5. The first-order chi connectivity index (χ1) is 11.2. The molecular weight excluding hydrogens is 286 g/mol. The lowest BCUT2D eigenvalue weighted by Crippen LogP contribution is -2.40. The molecule has 4 rings (SSSR count). The Balaban J connectivity index is 1.46. The van der Waals surface area contributed by atoms with Gasteiger partial charge in [0.2, 0.25) is 0 Å². The molecule has 2 fully saturated rings. The van der Waals surface area contributed by atoms with Gasteiger partial charge in [-0.1, -0.05) is 18.6 Å². The van der Waals surface area contributed by atoms with E-state index in [2.05, 4.69) is 22.4 Å². The Bertz CT molecular complexity index is 694. The summed E-state index contributed by atoms with van der Waals surface area (Å²) in [7, 11) is 0. The summed E-state index contributed by atoms with van der Waals surface area (Å²) in [5.74, 6) is 2.43. The fourth-order valence-corrected chi connectivity index (χ4v) is 4.55. The van der Waals surface area contributed by atoms with Crippen molar-refractivity contribution in [2.45, 2.75) is 38.6 Å². The van der Waals surface area contributed by atoms with Crippen LogP contribution in [0, 0.1) is 17.8 Å². The van der Waals surface area contributed by atoms with E-state index in [0.717, 1.165) is 23.1 Å². The number of fused-ring (bicyclic) bond motifs is 2. The van der Waals surface area contributed by atoms with Gasteiger partial charge in [0.1, 0.15) is 0 Å². The Kier molecular flexibility index (Phi) is 3.68. The Labute approximate surface area is 136 Å². The lowest BCUT2D eigenvalue weighted by atomic mass is 9.84. The molecule has 0 aliphatic heterocycles. The second-order valence-corrected chi connectivity index (χ2v) is 7.15. The highest BCUT2D eigenvalue weighted by Gasteiger charge is 2.42. The molecule has 2 saturated carbocycles. The number of carbonyl (C=O) groups is 1. The Morgan fingerprint density at radius 1 is 1.30 bits per heavy atom. The lowest BCUT2D eigenvalue weighted by Gasteiger charge is -2.28. The first kappa shape index (κ1) is 14.5. The zero-order valence-electron chi connectivity index (χ0n) is 13.5. The van der Waals surface area contributed by atoms with Crippen LogP contribution < -0.4 is 5.32 Å². The second kappa shape index (κ2) is 5.84. The monoisotopic (exact) mass is 309 g/mol. The van der Waals surface area contributed by atoms with Gasteiger partial charge in [0.15, 0.2) is 0 Å². The maximum atomic E-state index is 12.6. The molecule has 23 heavy (non-hydrogen) atoms. The molecule has 4 unspecified atom stereocenters. The number of H-pyrrole nitrogens is 1. The molecule has 1 aromatic carbocycles. The van der Waals surface area contributed by atoms with Crippen LogP contribution in [0.5, 0.6) is 0 Å². The smallest absolute Gasteiger partial charge is 0.251 e. The van der Waals surface area contributed by atoms with E-state index in [0.29, 0.717) is 11.5 Å². The third kappa shape index (κ3) is 2.78. The van der Waals surface area contributed by atoms with Crippen LogP contribution in [0.25, 0.3) is 11.3 Å². The van der Waals surface area contributed by atoms with Crippen molar-refractivity contribution in [3.05, 3.63) is 42.1 Å². The van der Waals surface area contributed by atoms with E-state index in [9.17, 15) is 4.79 Å². The first-order valence-electron chi connectivity index (χ1n) is 8.61. The van der Waals surface area contributed by atoms with E-state index in [1.54, 1.807) is 6.20 Å². The predicted molar refractivity (Wildman–Crippen MR) is 89.9 cm³/mol. The molecule has 120 valence electrons. The molecule has 4 nitrogen and oxygen atoms in total. The van der Waals surface area contributed by atoms with Crippen molar-refractivity contribution < 1.29 is 4.79 Å². The van der Waals surface area contributed by atoms with Crippen molar-refractivity contribution in [2.24, 2.45) is 17.8 Å². The molecular formula is C19H23N3O. The third-order valence-electron chi connectivity index (χ3n) is 5.73. The van der Waals surface area contributed by atoms with Gasteiger partial charge in [-0.25, -0.2) is 0 Å². The minimum Gasteiger partial charge on any atom is -0.349 e. The van der Waals surface area contributed by atoms with Gasteiger partial charge in [0, 0.05) is 23.4 Å². The standard InChI is InChI=1S/C19H23N3O/c1-12(17-10-13-5-6-14(17)9-13)21-19(23)16-4-2-3-15(11-16)18-7-8-20-22-18/h2-4,7-8,11-14,17H,5-6,9-10H2,1H3,(H,20,22)(H,21,23). The Morgan fingerprint density at radius 3 is 2.91 bits per heavy atom. The Morgan fingerprint density at radius 2 is 2.22 bits per heavy atom. The van der Waals surface area contributed by atoms with Gasteiger partial charge in [-0.15, -0.1) is 0 Å². The summed E-state index contributed by atoms with van der Waals surface area (Å²) >= 11 is 0. The van der Waals surface area contributed by atoms with Gasteiger partial charge >= 0.3 is 0 Å². The van der Waals surface area contributed by atoms with Gasteiger partial charge in [0.25, 0.3) is 5.91 Å². The highest BCUT2D eigenvalue weighted by molar-refractivity contribution is 5.95. The number of nitrogens with one attached hydrogen (secondary N) is 2. The molecule has 0 radical (unpaired) electrons. The molecule has 2 N–H and O–H groups in total. The average molecular weight is 309 g/mol. The number of aromatic nitrogens is 2. The van der Waals surface area contributed by atoms with Crippen molar-refractivity contribution in [3.63, 3.8) is 0 Å². The van der Waals surface area contributed by atoms with E-state index in [1.807, 2.05) is 30.3 Å². The highest BCUT2D eigenvalue weighted by Crippen LogP contribution is 2.49. The molecule has 2 bridgehead atoms. The molecule has 0 spiro atoms. The maximum Gasteiger partial charge on any atom is 0.251 e. The fraction of sp³-hybridized carbons (Fsp3) is 0.474. The number of amides is 1. The number of nitrogens with zero attached hydrogens (tertiary/aromatic N) is 1. The quantitative estimate of drug-likeness (QED) is 0.906. The molecule has 1 aromatic heterocycles. The maximum absolute atomic E-state index is 12.6. The van der Waals surface area contributed by atoms with Crippen LogP contribution in [0.15, 0.2) is 36.5 Å². The van der Waals surface area contributed by atoms with Gasteiger partial charge < -0.3 is 5.32 Å². The normalized spacial score (nSPS) is 27.1. The van der Waals surface area contributed by atoms with Gasteiger partial charge in [0.05, 0.1) is 5.69 Å². The summed E-state index contributed by atoms with van der Waals surface area (Å²) in [4.78, 5) is 12.6. The number of aromatic amines is 1. The van der Waals surface area contributed by atoms with E-state index in [-0.39, 0.29) is 11.9 Å². The second-order valence-electron chi connectivity index (χ2n) is 7.15. The average Bonchev–Trinajstić information content (AvgIpc) is 3.32. The molecule has 4 atom stereocenters. The van der Waals surface area contributed by atoms with Gasteiger partial charge in [-0.2, -0.15) is 5.10 Å². The van der Waals surface area contributed by atoms with Crippen LogP contribution in [0.1, 0.15) is 43.0 Å². The molecule has 1 amide bonds. The highest BCUT2D eigenvalue weighted by atomic mass is 16.1. The fourth-order valence-electron chi connectivity index (χ4n) is 4.55. The molecule has 0 saturated heterocycles. The number of carbonyl (C=O) groups excluding carboxylic acids is 1. The summed E-state index contributed by atoms with van der Waals surface area (Å²) in [6.45, 7) is 2.17. The van der Waals surface area contributed by atoms with Crippen molar-refractivity contribution in [1.82, 2.24) is 15.5 Å². The SMILES string of the molecule is CC(NC(=O)c1cccc(-c2ccn[nH]2)c1)C1CC2CCC1C2. The van der Waals surface area contributed by atoms with Crippen LogP contribution in [0.3, 0.4) is 0 Å². The largest absolute Gasteiger partial charge is 0.349 e. The number of rotatable bonds is 4. The van der Waals surface area contributed by atoms with E-state index < -0.39 is 0 Å². The van der Waals surface area contributed by atoms with E-state index in [4.69, 9.17) is 0 Å². The van der Waals surface area contributed by atoms with Crippen molar-refractivity contribution in [3.8, 4) is 11.3 Å². The summed E-state index contributed by atoms with van der Waals surface area (Å²) < 4.78 is 0. The van der Waals surface area contributed by atoms with Crippen LogP contribution in [0.4, 0.5) is 0 Å². The molecule has 2 aliphatic carbocycles. The van der Waals surface area contributed by atoms with Crippen LogP contribution in [0.2, 0.25) is 0 Å². The molecule has 4 heteroatoms. The minimum absolute atomic E-state index is 0.0293. The summed E-state index contributed by atoms with van der Waals surface area (Å²) in [6, 6.07) is 9.89. The number of hydrogen-bond donors (Lipinski definition) is 2. The minimum atomic E-state index is 0.0293. The van der Waals surface area contributed by atoms with Gasteiger partial charge in [-0.3, -0.25) is 9.89 Å². The van der Waals surface area contributed by atoms with Crippen LogP contribution in [-0.2, 0) is 0 Å². The van der Waals surface area contributed by atoms with E-state index >= 15 is 0 Å². The van der Waals surface area contributed by atoms with Crippen molar-refractivity contribution in [1.29, 1.82) is 0 Å². The van der Waals surface area contributed by atoms with Crippen LogP contribution >= 0.6 is 0 Å². The topological polar surface area (TPSA) is 57.8 Å². The Hall–Kier alpha value is -2.10. The number of hydrogen-bond acceptors (Lipinski definition) is 2. The summed E-state index contributed by atoms with van der Waals surface area (Å²) in [5.41, 5.74) is 2.63. The summed E-state index contributed by atoms with van der Waals surface area (Å²) in [5, 5.41) is 10.1. The molecule has 1 heterocycles. The molecule has 2 aromatic rings. The van der Waals surface area contributed by atoms with Crippen LogP contribution in [-0.4, -0.2) is 22.1 Å². The first-order valence-corrected chi connectivity index (χ1v) is 8.61. The van der Waals surface area contributed by atoms with Crippen molar-refractivity contribution >= 4 is 5.91 Å². The van der Waals surface area contributed by atoms with Gasteiger partial charge in [-0.05, 0) is 62.1 Å². The van der Waals surface area contributed by atoms with Crippen molar-refractivity contribution in [2.75, 3.05) is 0 Å². The number of benzene rings is 1. The van der Waals surface area contributed by atoms with E-state index in [1.165, 1.54) is 25.7 Å². The molecule has 2 aliphatic rings. The third-order valence-corrected chi connectivity index (χ3v) is 5.73. The predicted octanol–water partition coefficient (Wildman–Crippen LogP) is 3.63. The lowest BCUT2D eigenvalue weighted by molar-refractivity contribution is 0.0915. The summed E-state index contributed by atoms with van der Waals surface area (Å²) in [6.07, 6.45) is 7.14.